The fourth-order valence-corrected chi connectivity index (χ4v) is 2.20. The van der Waals surface area contributed by atoms with Gasteiger partial charge in [-0.15, -0.1) is 0 Å². The van der Waals surface area contributed by atoms with Crippen molar-refractivity contribution in [3.63, 3.8) is 0 Å². The Morgan fingerprint density at radius 2 is 1.95 bits per heavy atom. The molecule has 1 heterocycles. The van der Waals surface area contributed by atoms with Gasteiger partial charge in [-0.2, -0.15) is 0 Å². The molecule has 0 saturated heterocycles. The number of ether oxygens (including phenoxy) is 2. The predicted octanol–water partition coefficient (Wildman–Crippen LogP) is 2.82. The van der Waals surface area contributed by atoms with Gasteiger partial charge in [0.25, 0.3) is 0 Å². The number of aromatic nitrogens is 1. The monoisotopic (exact) mass is 290 g/mol. The minimum atomic E-state index is -0.276. The fourth-order valence-electron chi connectivity index (χ4n) is 2.20. The highest BCUT2D eigenvalue weighted by Crippen LogP contribution is 2.34. The topological polar surface area (TPSA) is 63.6 Å². The third-order valence-corrected chi connectivity index (χ3v) is 3.51. The van der Waals surface area contributed by atoms with Crippen molar-refractivity contribution in [2.75, 3.05) is 26.1 Å². The van der Waals surface area contributed by atoms with Gasteiger partial charge in [0.1, 0.15) is 5.82 Å². The van der Waals surface area contributed by atoms with E-state index in [0.717, 1.165) is 23.0 Å². The first-order valence-corrected chi connectivity index (χ1v) is 7.12. The summed E-state index contributed by atoms with van der Waals surface area (Å²) in [6.45, 7) is 2.65. The molecule has 0 saturated carbocycles. The predicted molar refractivity (Wildman–Crippen MR) is 84.3 cm³/mol. The maximum Gasteiger partial charge on any atom is 0.161 e. The van der Waals surface area contributed by atoms with Crippen LogP contribution in [0.3, 0.4) is 0 Å². The van der Waals surface area contributed by atoms with Crippen molar-refractivity contribution in [2.24, 2.45) is 0 Å². The number of hydrogen-bond acceptors (Lipinski definition) is 5. The van der Waals surface area contributed by atoms with E-state index < -0.39 is 0 Å². The Labute approximate surface area is 124 Å². The molecule has 5 nitrogen and oxygen atoms in total. The molecular formula is C16H22N2O3. The summed E-state index contributed by atoms with van der Waals surface area (Å²) >= 11 is 0. The van der Waals surface area contributed by atoms with Crippen molar-refractivity contribution in [2.45, 2.75) is 25.9 Å². The molecule has 1 unspecified atom stereocenters. The van der Waals surface area contributed by atoms with E-state index in [4.69, 9.17) is 9.47 Å². The zero-order chi connectivity index (χ0) is 15.2. The zero-order valence-corrected chi connectivity index (χ0v) is 12.7. The molecule has 0 spiro atoms. The normalized spacial score (nSPS) is 12.2. The van der Waals surface area contributed by atoms with Gasteiger partial charge < -0.3 is 19.9 Å². The number of rotatable bonds is 7. The number of nitrogens with one attached hydrogen (secondary N) is 1. The molecule has 0 aliphatic carbocycles. The van der Waals surface area contributed by atoms with Crippen molar-refractivity contribution in [1.82, 2.24) is 4.98 Å². The first kappa shape index (κ1) is 15.4. The number of benzene rings is 1. The molecule has 2 N–H and O–H groups in total. The molecule has 1 atom stereocenters. The maximum atomic E-state index is 9.60. The van der Waals surface area contributed by atoms with E-state index in [0.29, 0.717) is 24.5 Å². The summed E-state index contributed by atoms with van der Waals surface area (Å²) in [5.41, 5.74) is 0. The molecule has 0 aliphatic rings. The number of aliphatic hydroxyl groups is 1. The number of anilines is 1. The lowest BCUT2D eigenvalue weighted by Gasteiger charge is -2.13. The van der Waals surface area contributed by atoms with Crippen LogP contribution in [0.25, 0.3) is 10.8 Å². The smallest absolute Gasteiger partial charge is 0.161 e. The standard InChI is InChI=1S/C16H22N2O3/c1-4-12(19)6-8-18-16-13-10-15(21-3)14(20-2)9-11(13)5-7-17-16/h5,7,9-10,12,19H,4,6,8H2,1-3H3,(H,17,18). The van der Waals surface area contributed by atoms with Crippen LogP contribution in [-0.2, 0) is 0 Å². The molecule has 1 aromatic heterocycles. The molecule has 1 aromatic carbocycles. The average Bonchev–Trinajstić information content (AvgIpc) is 2.53. The summed E-state index contributed by atoms with van der Waals surface area (Å²) in [7, 11) is 3.24. The summed E-state index contributed by atoms with van der Waals surface area (Å²) in [5.74, 6) is 2.16. The second kappa shape index (κ2) is 7.13. The number of fused-ring (bicyclic) bond motifs is 1. The van der Waals surface area contributed by atoms with Gasteiger partial charge in [-0.25, -0.2) is 4.98 Å². The lowest BCUT2D eigenvalue weighted by atomic mass is 10.1. The Hall–Kier alpha value is -2.01. The molecule has 0 aliphatic heterocycles. The number of methoxy groups -OCH3 is 2. The molecule has 0 fully saturated rings. The maximum absolute atomic E-state index is 9.60. The lowest BCUT2D eigenvalue weighted by Crippen LogP contribution is -2.13. The van der Waals surface area contributed by atoms with E-state index in [9.17, 15) is 5.11 Å². The van der Waals surface area contributed by atoms with Gasteiger partial charge in [0.15, 0.2) is 11.5 Å². The minimum Gasteiger partial charge on any atom is -0.493 e. The first-order valence-electron chi connectivity index (χ1n) is 7.12. The molecule has 2 aromatic rings. The van der Waals surface area contributed by atoms with Gasteiger partial charge in [0.05, 0.1) is 20.3 Å². The van der Waals surface area contributed by atoms with Crippen LogP contribution in [0.15, 0.2) is 24.4 Å². The van der Waals surface area contributed by atoms with Crippen LogP contribution >= 0.6 is 0 Å². The molecule has 2 rings (SSSR count). The number of nitrogens with zero attached hydrogens (tertiary/aromatic N) is 1. The SMILES string of the molecule is CCC(O)CCNc1nccc2cc(OC)c(OC)cc12. The summed E-state index contributed by atoms with van der Waals surface area (Å²) in [5, 5.41) is 14.9. The van der Waals surface area contributed by atoms with Gasteiger partial charge in [-0.1, -0.05) is 6.92 Å². The van der Waals surface area contributed by atoms with Crippen LogP contribution in [0.1, 0.15) is 19.8 Å². The Morgan fingerprint density at radius 1 is 1.24 bits per heavy atom. The van der Waals surface area contributed by atoms with E-state index in [1.54, 1.807) is 20.4 Å². The number of aliphatic hydroxyl groups excluding tert-OH is 1. The van der Waals surface area contributed by atoms with Gasteiger partial charge in [0, 0.05) is 18.1 Å². The highest BCUT2D eigenvalue weighted by Gasteiger charge is 2.10. The second-order valence-corrected chi connectivity index (χ2v) is 4.87. The Kier molecular flexibility index (Phi) is 5.22. The third kappa shape index (κ3) is 3.55. The third-order valence-electron chi connectivity index (χ3n) is 3.51. The summed E-state index contributed by atoms with van der Waals surface area (Å²) in [6.07, 6.45) is 2.94. The van der Waals surface area contributed by atoms with Crippen LogP contribution in [0, 0.1) is 0 Å². The number of pyridine rings is 1. The van der Waals surface area contributed by atoms with Gasteiger partial charge in [-0.05, 0) is 36.4 Å². The first-order chi connectivity index (χ1) is 10.2. The Balaban J connectivity index is 2.27. The van der Waals surface area contributed by atoms with Gasteiger partial charge in [-0.3, -0.25) is 0 Å². The van der Waals surface area contributed by atoms with Gasteiger partial charge >= 0.3 is 0 Å². The van der Waals surface area contributed by atoms with Crippen LogP contribution < -0.4 is 14.8 Å². The second-order valence-electron chi connectivity index (χ2n) is 4.87. The van der Waals surface area contributed by atoms with Gasteiger partial charge in [0.2, 0.25) is 0 Å². The lowest BCUT2D eigenvalue weighted by molar-refractivity contribution is 0.164. The van der Waals surface area contributed by atoms with E-state index in [1.165, 1.54) is 0 Å². The van der Waals surface area contributed by atoms with E-state index in [2.05, 4.69) is 10.3 Å². The largest absolute Gasteiger partial charge is 0.493 e. The van der Waals surface area contributed by atoms with Crippen LogP contribution in [0.5, 0.6) is 11.5 Å². The van der Waals surface area contributed by atoms with Crippen LogP contribution in [-0.4, -0.2) is 37.0 Å². The highest BCUT2D eigenvalue weighted by atomic mass is 16.5. The Bertz CT molecular complexity index is 601. The Morgan fingerprint density at radius 3 is 2.62 bits per heavy atom. The van der Waals surface area contributed by atoms with Crippen molar-refractivity contribution < 1.29 is 14.6 Å². The van der Waals surface area contributed by atoms with Crippen LogP contribution in [0.4, 0.5) is 5.82 Å². The molecular weight excluding hydrogens is 268 g/mol. The highest BCUT2D eigenvalue weighted by molar-refractivity contribution is 5.94. The van der Waals surface area contributed by atoms with Crippen molar-refractivity contribution >= 4 is 16.6 Å². The molecule has 0 amide bonds. The summed E-state index contributed by atoms with van der Waals surface area (Å²) in [4.78, 5) is 4.37. The van der Waals surface area contributed by atoms with E-state index in [1.807, 2.05) is 25.1 Å². The van der Waals surface area contributed by atoms with Crippen LogP contribution in [0.2, 0.25) is 0 Å². The quantitative estimate of drug-likeness (QED) is 0.821. The number of hydrogen-bond donors (Lipinski definition) is 2. The average molecular weight is 290 g/mol. The minimum absolute atomic E-state index is 0.276. The molecule has 114 valence electrons. The summed E-state index contributed by atoms with van der Waals surface area (Å²) < 4.78 is 10.7. The molecule has 0 bridgehead atoms. The zero-order valence-electron chi connectivity index (χ0n) is 12.7. The van der Waals surface area contributed by atoms with E-state index in [-0.39, 0.29) is 6.10 Å². The fraction of sp³-hybridized carbons (Fsp3) is 0.438. The summed E-state index contributed by atoms with van der Waals surface area (Å²) in [6, 6.07) is 5.78. The van der Waals surface area contributed by atoms with Crippen molar-refractivity contribution in [1.29, 1.82) is 0 Å². The molecule has 0 radical (unpaired) electrons. The van der Waals surface area contributed by atoms with Crippen molar-refractivity contribution in [3.8, 4) is 11.5 Å². The molecule has 5 heteroatoms. The van der Waals surface area contributed by atoms with Crippen molar-refractivity contribution in [3.05, 3.63) is 24.4 Å². The molecule has 21 heavy (non-hydrogen) atoms. The van der Waals surface area contributed by atoms with E-state index >= 15 is 0 Å².